The van der Waals surface area contributed by atoms with Crippen molar-refractivity contribution in [2.45, 2.75) is 13.8 Å². The number of pyridine rings is 1. The van der Waals surface area contributed by atoms with E-state index in [4.69, 9.17) is 10.00 Å². The van der Waals surface area contributed by atoms with Crippen molar-refractivity contribution in [1.82, 2.24) is 4.98 Å². The lowest BCUT2D eigenvalue weighted by Gasteiger charge is -2.09. The second-order valence-electron chi connectivity index (χ2n) is 4.24. The number of aromatic nitrogens is 1. The normalized spacial score (nSPS) is 9.85. The minimum Gasteiger partial charge on any atom is -0.439 e. The predicted octanol–water partition coefficient (Wildman–Crippen LogP) is 3.27. The van der Waals surface area contributed by atoms with Gasteiger partial charge in [0.1, 0.15) is 17.5 Å². The second kappa shape index (κ2) is 5.36. The molecule has 0 aliphatic heterocycles. The van der Waals surface area contributed by atoms with Crippen LogP contribution in [0.5, 0.6) is 11.6 Å². The van der Waals surface area contributed by atoms with Gasteiger partial charge in [-0.05, 0) is 31.5 Å². The Bertz CT molecular complexity index is 720. The Morgan fingerprint density at radius 1 is 1.30 bits per heavy atom. The molecule has 0 saturated carbocycles. The van der Waals surface area contributed by atoms with Gasteiger partial charge in [0.05, 0.1) is 4.92 Å². The predicted molar refractivity (Wildman–Crippen MR) is 71.6 cm³/mol. The highest BCUT2D eigenvalue weighted by Gasteiger charge is 2.14. The fourth-order valence-electron chi connectivity index (χ4n) is 1.73. The van der Waals surface area contributed by atoms with Crippen molar-refractivity contribution >= 4 is 5.69 Å². The van der Waals surface area contributed by atoms with Crippen LogP contribution in [0.1, 0.15) is 16.8 Å². The van der Waals surface area contributed by atoms with Crippen molar-refractivity contribution in [2.24, 2.45) is 0 Å². The van der Waals surface area contributed by atoms with E-state index in [0.29, 0.717) is 16.9 Å². The summed E-state index contributed by atoms with van der Waals surface area (Å²) in [5.74, 6) is 0.760. The molecular weight excluding hydrogens is 258 g/mol. The maximum Gasteiger partial charge on any atom is 0.272 e. The van der Waals surface area contributed by atoms with E-state index in [0.717, 1.165) is 0 Å². The SMILES string of the molecule is Cc1cc([N+](=O)[O-])c(C)cc1Oc1cccc(C#N)n1. The number of aryl methyl sites for hydroxylation is 2. The van der Waals surface area contributed by atoms with Crippen LogP contribution in [0.3, 0.4) is 0 Å². The molecule has 100 valence electrons. The monoisotopic (exact) mass is 269 g/mol. The second-order valence-corrected chi connectivity index (χ2v) is 4.24. The third-order valence-corrected chi connectivity index (χ3v) is 2.74. The van der Waals surface area contributed by atoms with Crippen molar-refractivity contribution in [3.8, 4) is 17.7 Å². The molecule has 0 atom stereocenters. The Balaban J connectivity index is 2.37. The van der Waals surface area contributed by atoms with Gasteiger partial charge in [-0.15, -0.1) is 0 Å². The molecule has 1 heterocycles. The third kappa shape index (κ3) is 2.72. The standard InChI is InChI=1S/C14H11N3O3/c1-9-7-13(10(2)6-12(9)17(18)19)20-14-5-3-4-11(8-15)16-14/h3-7H,1-2H3. The van der Waals surface area contributed by atoms with Crippen LogP contribution in [0.15, 0.2) is 30.3 Å². The maximum absolute atomic E-state index is 10.8. The van der Waals surface area contributed by atoms with E-state index in [2.05, 4.69) is 4.98 Å². The summed E-state index contributed by atoms with van der Waals surface area (Å²) in [6, 6.07) is 9.82. The van der Waals surface area contributed by atoms with E-state index < -0.39 is 4.92 Å². The Hall–Kier alpha value is -2.94. The van der Waals surface area contributed by atoms with Gasteiger partial charge in [0.25, 0.3) is 5.69 Å². The van der Waals surface area contributed by atoms with E-state index in [1.165, 1.54) is 6.07 Å². The van der Waals surface area contributed by atoms with Gasteiger partial charge in [-0.25, -0.2) is 4.98 Å². The van der Waals surface area contributed by atoms with Gasteiger partial charge in [-0.2, -0.15) is 5.26 Å². The van der Waals surface area contributed by atoms with Crippen molar-refractivity contribution < 1.29 is 9.66 Å². The van der Waals surface area contributed by atoms with Gasteiger partial charge in [-0.1, -0.05) is 6.07 Å². The minimum atomic E-state index is -0.430. The van der Waals surface area contributed by atoms with E-state index in [1.54, 1.807) is 38.1 Å². The molecule has 1 aromatic heterocycles. The number of ether oxygens (including phenoxy) is 1. The van der Waals surface area contributed by atoms with Gasteiger partial charge in [0.2, 0.25) is 5.88 Å². The van der Waals surface area contributed by atoms with Crippen LogP contribution in [-0.2, 0) is 0 Å². The Morgan fingerprint density at radius 2 is 2.05 bits per heavy atom. The van der Waals surface area contributed by atoms with E-state index in [9.17, 15) is 10.1 Å². The summed E-state index contributed by atoms with van der Waals surface area (Å²) < 4.78 is 5.58. The topological polar surface area (TPSA) is 89.0 Å². The zero-order chi connectivity index (χ0) is 14.7. The van der Waals surface area contributed by atoms with E-state index in [1.807, 2.05) is 6.07 Å². The lowest BCUT2D eigenvalue weighted by atomic mass is 10.1. The lowest BCUT2D eigenvalue weighted by molar-refractivity contribution is -0.385. The van der Waals surface area contributed by atoms with Crippen LogP contribution >= 0.6 is 0 Å². The van der Waals surface area contributed by atoms with Crippen LogP contribution in [-0.4, -0.2) is 9.91 Å². The molecule has 0 radical (unpaired) electrons. The van der Waals surface area contributed by atoms with Crippen LogP contribution in [0.25, 0.3) is 0 Å². The Kier molecular flexibility index (Phi) is 3.62. The largest absolute Gasteiger partial charge is 0.439 e. The van der Waals surface area contributed by atoms with Crippen molar-refractivity contribution in [2.75, 3.05) is 0 Å². The summed E-state index contributed by atoms with van der Waals surface area (Å²) >= 11 is 0. The van der Waals surface area contributed by atoms with Crippen molar-refractivity contribution in [3.63, 3.8) is 0 Å². The first-order valence-corrected chi connectivity index (χ1v) is 5.82. The molecule has 0 unspecified atom stereocenters. The van der Waals surface area contributed by atoms with Crippen LogP contribution in [0.4, 0.5) is 5.69 Å². The Labute approximate surface area is 115 Å². The fourth-order valence-corrected chi connectivity index (χ4v) is 1.73. The van der Waals surface area contributed by atoms with Gasteiger partial charge >= 0.3 is 0 Å². The zero-order valence-electron chi connectivity index (χ0n) is 11.0. The van der Waals surface area contributed by atoms with Crippen LogP contribution in [0.2, 0.25) is 0 Å². The van der Waals surface area contributed by atoms with Crippen LogP contribution in [0, 0.1) is 35.3 Å². The van der Waals surface area contributed by atoms with Crippen LogP contribution < -0.4 is 4.74 Å². The number of nitriles is 1. The molecule has 6 nitrogen and oxygen atoms in total. The fraction of sp³-hybridized carbons (Fsp3) is 0.143. The highest BCUT2D eigenvalue weighted by atomic mass is 16.6. The third-order valence-electron chi connectivity index (χ3n) is 2.74. The minimum absolute atomic E-state index is 0.0496. The summed E-state index contributed by atoms with van der Waals surface area (Å²) in [6.45, 7) is 3.36. The molecule has 0 saturated heterocycles. The molecule has 1 aromatic carbocycles. The first-order valence-electron chi connectivity index (χ1n) is 5.82. The lowest BCUT2D eigenvalue weighted by Crippen LogP contribution is -1.96. The molecule has 0 bridgehead atoms. The Morgan fingerprint density at radius 3 is 2.70 bits per heavy atom. The molecular formula is C14H11N3O3. The van der Waals surface area contributed by atoms with Gasteiger partial charge < -0.3 is 4.74 Å². The summed E-state index contributed by atoms with van der Waals surface area (Å²) in [5, 5.41) is 19.6. The number of rotatable bonds is 3. The van der Waals surface area contributed by atoms with E-state index in [-0.39, 0.29) is 17.3 Å². The molecule has 0 N–H and O–H groups in total. The molecule has 0 fully saturated rings. The van der Waals surface area contributed by atoms with Gasteiger partial charge in [0, 0.05) is 17.7 Å². The summed E-state index contributed by atoms with van der Waals surface area (Å²) in [6.07, 6.45) is 0. The first-order chi connectivity index (χ1) is 9.51. The molecule has 0 amide bonds. The zero-order valence-corrected chi connectivity index (χ0v) is 11.0. The first kappa shape index (κ1) is 13.5. The molecule has 2 aromatic rings. The van der Waals surface area contributed by atoms with Crippen molar-refractivity contribution in [1.29, 1.82) is 5.26 Å². The molecule has 20 heavy (non-hydrogen) atoms. The number of nitrogens with zero attached hydrogens (tertiary/aromatic N) is 3. The van der Waals surface area contributed by atoms with Crippen molar-refractivity contribution in [3.05, 3.63) is 57.3 Å². The summed E-state index contributed by atoms with van der Waals surface area (Å²) in [5.41, 5.74) is 1.44. The average molecular weight is 269 g/mol. The number of nitro groups is 1. The number of benzene rings is 1. The highest BCUT2D eigenvalue weighted by molar-refractivity contribution is 5.50. The molecule has 0 aliphatic rings. The smallest absolute Gasteiger partial charge is 0.272 e. The average Bonchev–Trinajstić information content (AvgIpc) is 2.42. The molecule has 0 spiro atoms. The number of hydrogen-bond acceptors (Lipinski definition) is 5. The highest BCUT2D eigenvalue weighted by Crippen LogP contribution is 2.30. The molecule has 0 aliphatic carbocycles. The number of nitro benzene ring substituents is 1. The van der Waals surface area contributed by atoms with Gasteiger partial charge in [0.15, 0.2) is 0 Å². The number of hydrogen-bond donors (Lipinski definition) is 0. The molecule has 6 heteroatoms. The maximum atomic E-state index is 10.8. The molecule has 2 rings (SSSR count). The van der Waals surface area contributed by atoms with E-state index >= 15 is 0 Å². The summed E-state index contributed by atoms with van der Waals surface area (Å²) in [4.78, 5) is 14.4. The quantitative estimate of drug-likeness (QED) is 0.630. The van der Waals surface area contributed by atoms with Gasteiger partial charge in [-0.3, -0.25) is 10.1 Å². The summed E-state index contributed by atoms with van der Waals surface area (Å²) in [7, 11) is 0.